The van der Waals surface area contributed by atoms with E-state index in [-0.39, 0.29) is 17.9 Å². The predicted octanol–water partition coefficient (Wildman–Crippen LogP) is 5.74. The average molecular weight is 469 g/mol. The highest BCUT2D eigenvalue weighted by molar-refractivity contribution is 6.00. The number of rotatable bonds is 5. The highest BCUT2D eigenvalue weighted by Gasteiger charge is 2.34. The van der Waals surface area contributed by atoms with Gasteiger partial charge in [0.1, 0.15) is 0 Å². The van der Waals surface area contributed by atoms with Gasteiger partial charge in [0.25, 0.3) is 5.91 Å². The van der Waals surface area contributed by atoms with Crippen molar-refractivity contribution < 1.29 is 18.0 Å². The molecule has 4 rings (SSSR count). The van der Waals surface area contributed by atoms with Crippen molar-refractivity contribution in [1.82, 2.24) is 19.9 Å². The van der Waals surface area contributed by atoms with Crippen LogP contribution in [0.2, 0.25) is 0 Å². The van der Waals surface area contributed by atoms with Crippen molar-refractivity contribution in [1.29, 1.82) is 0 Å². The minimum absolute atomic E-state index is 0.0273. The number of halogens is 3. The molecule has 1 fully saturated rings. The van der Waals surface area contributed by atoms with Gasteiger partial charge in [0.05, 0.1) is 17.5 Å². The van der Waals surface area contributed by atoms with Crippen LogP contribution < -0.4 is 0 Å². The standard InChI is InChI=1S/C26H27F3N4O/c1-17-5-9-21(23-16-30-11-12-31-23)22(14-17)25(34)33-13-3-4-18(2)24(33)10-8-20-7-6-19(15-32-20)26(27,28)29/h5-7,9,11-12,14-16,18,24H,3-4,8,10,13H2,1-2H3/t18-,24-/m1/s1. The Morgan fingerprint density at radius 2 is 1.94 bits per heavy atom. The summed E-state index contributed by atoms with van der Waals surface area (Å²) in [5, 5.41) is 0. The lowest BCUT2D eigenvalue weighted by atomic mass is 9.86. The van der Waals surface area contributed by atoms with Crippen LogP contribution in [-0.4, -0.2) is 38.3 Å². The van der Waals surface area contributed by atoms with Crippen molar-refractivity contribution in [3.63, 3.8) is 0 Å². The van der Waals surface area contributed by atoms with Gasteiger partial charge in [0, 0.05) is 48.0 Å². The van der Waals surface area contributed by atoms with Crippen LogP contribution in [0.3, 0.4) is 0 Å². The molecule has 0 aliphatic carbocycles. The van der Waals surface area contributed by atoms with Gasteiger partial charge in [-0.1, -0.05) is 24.6 Å². The normalized spacial score (nSPS) is 18.7. The van der Waals surface area contributed by atoms with Gasteiger partial charge in [0.15, 0.2) is 0 Å². The third kappa shape index (κ3) is 5.26. The van der Waals surface area contributed by atoms with Crippen molar-refractivity contribution in [3.05, 3.63) is 77.5 Å². The summed E-state index contributed by atoms with van der Waals surface area (Å²) in [7, 11) is 0. The Morgan fingerprint density at radius 3 is 2.62 bits per heavy atom. The number of carbonyl (C=O) groups excluding carboxylic acids is 1. The number of pyridine rings is 1. The molecular formula is C26H27F3N4O. The summed E-state index contributed by atoms with van der Waals surface area (Å²) in [6.45, 7) is 4.72. The zero-order valence-electron chi connectivity index (χ0n) is 19.2. The number of likely N-dealkylation sites (tertiary alicyclic amines) is 1. The maximum atomic E-state index is 13.8. The number of benzene rings is 1. The number of amides is 1. The minimum atomic E-state index is -4.40. The second-order valence-corrected chi connectivity index (χ2v) is 8.90. The van der Waals surface area contributed by atoms with E-state index in [2.05, 4.69) is 21.9 Å². The van der Waals surface area contributed by atoms with E-state index < -0.39 is 11.7 Å². The van der Waals surface area contributed by atoms with Crippen molar-refractivity contribution in [2.24, 2.45) is 5.92 Å². The number of nitrogens with zero attached hydrogens (tertiary/aromatic N) is 4. The summed E-state index contributed by atoms with van der Waals surface area (Å²) in [5.41, 5.74) is 2.79. The number of carbonyl (C=O) groups is 1. The molecule has 1 amide bonds. The van der Waals surface area contributed by atoms with Gasteiger partial charge < -0.3 is 4.90 Å². The molecular weight excluding hydrogens is 441 g/mol. The molecule has 0 spiro atoms. The van der Waals surface area contributed by atoms with Crippen LogP contribution in [0, 0.1) is 12.8 Å². The van der Waals surface area contributed by atoms with Gasteiger partial charge in [-0.3, -0.25) is 19.7 Å². The van der Waals surface area contributed by atoms with Gasteiger partial charge in [-0.15, -0.1) is 0 Å². The van der Waals surface area contributed by atoms with E-state index in [1.165, 1.54) is 6.07 Å². The maximum Gasteiger partial charge on any atom is 0.417 e. The third-order valence-corrected chi connectivity index (χ3v) is 6.47. The smallest absolute Gasteiger partial charge is 0.335 e. The highest BCUT2D eigenvalue weighted by Crippen LogP contribution is 2.32. The number of piperidine rings is 1. The molecule has 2 aromatic heterocycles. The number of hydrogen-bond acceptors (Lipinski definition) is 4. The topological polar surface area (TPSA) is 59.0 Å². The Balaban J connectivity index is 1.57. The first-order chi connectivity index (χ1) is 16.2. The fourth-order valence-corrected chi connectivity index (χ4v) is 4.63. The predicted molar refractivity (Wildman–Crippen MR) is 123 cm³/mol. The van der Waals surface area contributed by atoms with E-state index in [0.717, 1.165) is 36.2 Å². The molecule has 5 nitrogen and oxygen atoms in total. The fraction of sp³-hybridized carbons (Fsp3) is 0.385. The third-order valence-electron chi connectivity index (χ3n) is 6.47. The van der Waals surface area contributed by atoms with Crippen LogP contribution in [0.4, 0.5) is 13.2 Å². The fourth-order valence-electron chi connectivity index (χ4n) is 4.63. The molecule has 0 unspecified atom stereocenters. The Morgan fingerprint density at radius 1 is 1.12 bits per heavy atom. The Bertz CT molecular complexity index is 1130. The Hall–Kier alpha value is -3.29. The van der Waals surface area contributed by atoms with Crippen LogP contribution in [0.5, 0.6) is 0 Å². The van der Waals surface area contributed by atoms with Crippen molar-refractivity contribution >= 4 is 5.91 Å². The van der Waals surface area contributed by atoms with Gasteiger partial charge in [-0.2, -0.15) is 13.2 Å². The molecule has 34 heavy (non-hydrogen) atoms. The Kier molecular flexibility index (Phi) is 6.95. The van der Waals surface area contributed by atoms with E-state index in [0.29, 0.717) is 36.3 Å². The highest BCUT2D eigenvalue weighted by atomic mass is 19.4. The zero-order chi connectivity index (χ0) is 24.3. The molecule has 0 N–H and O–H groups in total. The average Bonchev–Trinajstić information content (AvgIpc) is 2.83. The zero-order valence-corrected chi connectivity index (χ0v) is 19.2. The number of alkyl halides is 3. The molecule has 3 aromatic rings. The van der Waals surface area contributed by atoms with E-state index >= 15 is 0 Å². The number of aromatic nitrogens is 3. The van der Waals surface area contributed by atoms with E-state index in [9.17, 15) is 18.0 Å². The number of hydrogen-bond donors (Lipinski definition) is 0. The molecule has 8 heteroatoms. The molecule has 0 saturated carbocycles. The first kappa shape index (κ1) is 23.9. The molecule has 2 atom stereocenters. The van der Waals surface area contributed by atoms with Crippen molar-refractivity contribution in [3.8, 4) is 11.3 Å². The molecule has 1 aliphatic heterocycles. The Labute approximate surface area is 197 Å². The maximum absolute atomic E-state index is 13.8. The molecule has 3 heterocycles. The number of aryl methyl sites for hydroxylation is 2. The lowest BCUT2D eigenvalue weighted by Gasteiger charge is -2.40. The summed E-state index contributed by atoms with van der Waals surface area (Å²) >= 11 is 0. The van der Waals surface area contributed by atoms with Crippen LogP contribution in [0.15, 0.2) is 55.1 Å². The summed E-state index contributed by atoms with van der Waals surface area (Å²) < 4.78 is 38.5. The van der Waals surface area contributed by atoms with Gasteiger partial charge >= 0.3 is 6.18 Å². The van der Waals surface area contributed by atoms with Gasteiger partial charge in [-0.25, -0.2) is 0 Å². The second-order valence-electron chi connectivity index (χ2n) is 8.90. The lowest BCUT2D eigenvalue weighted by molar-refractivity contribution is -0.137. The van der Waals surface area contributed by atoms with E-state index in [4.69, 9.17) is 0 Å². The summed E-state index contributed by atoms with van der Waals surface area (Å²) in [6.07, 6.45) is 4.37. The van der Waals surface area contributed by atoms with Crippen molar-refractivity contribution in [2.75, 3.05) is 6.54 Å². The first-order valence-corrected chi connectivity index (χ1v) is 11.4. The molecule has 1 aromatic carbocycles. The van der Waals surface area contributed by atoms with E-state index in [1.807, 2.05) is 30.0 Å². The summed E-state index contributed by atoms with van der Waals surface area (Å²) in [4.78, 5) is 28.3. The molecule has 0 bridgehead atoms. The molecule has 0 radical (unpaired) electrons. The molecule has 1 saturated heterocycles. The summed E-state index contributed by atoms with van der Waals surface area (Å²) in [5.74, 6) is 0.221. The van der Waals surface area contributed by atoms with Gasteiger partial charge in [0.2, 0.25) is 0 Å². The molecule has 1 aliphatic rings. The van der Waals surface area contributed by atoms with Crippen LogP contribution >= 0.6 is 0 Å². The van der Waals surface area contributed by atoms with Crippen molar-refractivity contribution in [2.45, 2.75) is 51.7 Å². The largest absolute Gasteiger partial charge is 0.417 e. The lowest BCUT2D eigenvalue weighted by Crippen LogP contribution is -2.48. The minimum Gasteiger partial charge on any atom is -0.335 e. The van der Waals surface area contributed by atoms with Gasteiger partial charge in [-0.05, 0) is 56.7 Å². The quantitative estimate of drug-likeness (QED) is 0.479. The van der Waals surface area contributed by atoms with Crippen LogP contribution in [-0.2, 0) is 12.6 Å². The first-order valence-electron chi connectivity index (χ1n) is 11.4. The monoisotopic (exact) mass is 468 g/mol. The molecule has 178 valence electrons. The van der Waals surface area contributed by atoms with Crippen LogP contribution in [0.1, 0.15) is 53.4 Å². The summed E-state index contributed by atoms with van der Waals surface area (Å²) in [6, 6.07) is 8.21. The van der Waals surface area contributed by atoms with Crippen LogP contribution in [0.25, 0.3) is 11.3 Å². The SMILES string of the molecule is Cc1ccc(-c2cnccn2)c(C(=O)N2CCC[C@@H](C)[C@H]2CCc2ccc(C(F)(F)F)cn2)c1. The second kappa shape index (κ2) is 9.91. The van der Waals surface area contributed by atoms with E-state index in [1.54, 1.807) is 18.6 Å².